The van der Waals surface area contributed by atoms with Crippen LogP contribution < -0.4 is 15.7 Å². The van der Waals surface area contributed by atoms with Gasteiger partial charge in [0.1, 0.15) is 5.52 Å². The van der Waals surface area contributed by atoms with E-state index in [1.165, 1.54) is 127 Å². The van der Waals surface area contributed by atoms with Gasteiger partial charge in [0, 0.05) is 25.7 Å². The number of carbonyl (C=O) groups is 5. The number of aromatic amines is 1. The van der Waals surface area contributed by atoms with Gasteiger partial charge in [-0.15, -0.1) is 0 Å². The van der Waals surface area contributed by atoms with Crippen LogP contribution in [0.5, 0.6) is 6.01 Å². The van der Waals surface area contributed by atoms with E-state index in [4.69, 9.17) is 23.7 Å². The lowest BCUT2D eigenvalue weighted by atomic mass is 10.0. The highest BCUT2D eigenvalue weighted by Gasteiger charge is 2.20. The number of H-pyrrole nitrogens is 1. The average molecular weight is 1450 g/mol. The summed E-state index contributed by atoms with van der Waals surface area (Å²) in [6.45, 7) is 24.2. The number of anilines is 1. The van der Waals surface area contributed by atoms with Crippen LogP contribution in [0.1, 0.15) is 355 Å². The molecule has 3 aromatic rings. The smallest absolute Gasteiger partial charge is 0.328 e. The molecule has 18 heteroatoms. The number of hydrogen-bond acceptors (Lipinski definition) is 15. The number of hydrogen-bond donors (Lipinski definition) is 2. The third-order valence-corrected chi connectivity index (χ3v) is 19.7. The van der Waals surface area contributed by atoms with Gasteiger partial charge in [0.2, 0.25) is 5.91 Å². The Morgan fingerprint density at radius 3 is 1.25 bits per heavy atom. The Bertz CT molecular complexity index is 2640. The molecule has 0 spiro atoms. The Morgan fingerprint density at radius 1 is 0.447 bits per heavy atom. The number of aromatic nitrogens is 4. The fraction of sp³-hybridized carbons (Fsp3) is 0.812. The largest absolute Gasteiger partial charge is 0.469 e. The Morgan fingerprint density at radius 2 is 0.825 bits per heavy atom. The molecule has 18 nitrogen and oxygen atoms in total. The Labute approximate surface area is 625 Å². The highest BCUT2D eigenvalue weighted by atomic mass is 16.5. The molecule has 0 atom stereocenters. The summed E-state index contributed by atoms with van der Waals surface area (Å²) in [4.78, 5) is 94.3. The molecule has 3 rings (SSSR count). The number of methoxy groups -OCH3 is 1. The molecule has 1 amide bonds. The van der Waals surface area contributed by atoms with Crippen molar-refractivity contribution in [2.24, 2.45) is 17.8 Å². The number of carbonyl (C=O) groups excluding carboxylic acids is 5. The lowest BCUT2D eigenvalue weighted by molar-refractivity contribution is -0.144. The Balaban J connectivity index is 1.58. The molecule has 0 unspecified atom stereocenters. The number of unbranched alkanes of at least 4 members (excludes halogenated alkanes) is 30. The summed E-state index contributed by atoms with van der Waals surface area (Å²) in [6, 6.07) is 7.52. The summed E-state index contributed by atoms with van der Waals surface area (Å²) >= 11 is 0. The van der Waals surface area contributed by atoms with Crippen molar-refractivity contribution in [2.75, 3.05) is 78.1 Å². The maximum absolute atomic E-state index is 13.8. The van der Waals surface area contributed by atoms with Crippen LogP contribution in [-0.2, 0) is 55.9 Å². The van der Waals surface area contributed by atoms with Crippen molar-refractivity contribution < 1.29 is 47.7 Å². The van der Waals surface area contributed by atoms with Gasteiger partial charge in [-0.25, -0.2) is 4.79 Å². The van der Waals surface area contributed by atoms with Crippen molar-refractivity contribution >= 4 is 46.8 Å². The molecule has 0 aliphatic rings. The van der Waals surface area contributed by atoms with Crippen molar-refractivity contribution in [3.05, 3.63) is 45.9 Å². The first-order valence-corrected chi connectivity index (χ1v) is 42.1. The van der Waals surface area contributed by atoms with Gasteiger partial charge in [-0.05, 0) is 152 Å². The van der Waals surface area contributed by atoms with Crippen LogP contribution in [0.25, 0.3) is 11.2 Å². The van der Waals surface area contributed by atoms with Crippen LogP contribution in [0.3, 0.4) is 0 Å². The van der Waals surface area contributed by atoms with Gasteiger partial charge in [-0.2, -0.15) is 9.97 Å². The van der Waals surface area contributed by atoms with E-state index in [9.17, 15) is 28.8 Å². The van der Waals surface area contributed by atoms with Crippen molar-refractivity contribution in [3.8, 4) is 6.01 Å². The molecule has 2 N–H and O–H groups in total. The molecule has 1 aromatic carbocycles. The second kappa shape index (κ2) is 61.8. The molecule has 0 aliphatic carbocycles. The van der Waals surface area contributed by atoms with Crippen molar-refractivity contribution in [1.29, 1.82) is 0 Å². The number of nitrogens with zero attached hydrogens (tertiary/aromatic N) is 5. The third kappa shape index (κ3) is 49.9. The van der Waals surface area contributed by atoms with Gasteiger partial charge in [0.25, 0.3) is 0 Å². The summed E-state index contributed by atoms with van der Waals surface area (Å²) in [5.74, 6) is 1.81. The zero-order valence-electron chi connectivity index (χ0n) is 66.8. The standard InChI is InChI=1S/C85H149N7O11/c1-9-10-64-103-84-88-82(81-83(89-84)92(85(98)87-81)70-75-53-47-52-74(68-75)69-80(97)99-8)86-76(93)54-36-32-43-61-91(60-42-28-16-13-25-39-57-79(96)102-67-46-31-19-22-35-51-73(6)7)63-48-62-90(58-40-26-14-11-23-37-55-77(94)100-65-44-29-17-20-33-49-71(2)3)59-41-27-15-12-24-38-56-78(95)101-66-45-30-18-21-34-50-72(4)5/h47,52-53,68,71-73H,9-46,48-51,54-67,69-70H2,1-8H3,(H,87,98)(H,86,88,89,93). The highest BCUT2D eigenvalue weighted by molar-refractivity contribution is 5.97. The van der Waals surface area contributed by atoms with E-state index in [1.807, 2.05) is 24.3 Å². The van der Waals surface area contributed by atoms with Gasteiger partial charge in [0.15, 0.2) is 11.5 Å². The number of benzene rings is 1. The molecule has 2 heterocycles. The first-order chi connectivity index (χ1) is 50.1. The molecule has 0 saturated heterocycles. The molecule has 0 saturated carbocycles. The van der Waals surface area contributed by atoms with Gasteiger partial charge in [-0.3, -0.25) is 28.5 Å². The van der Waals surface area contributed by atoms with Gasteiger partial charge in [0.05, 0.1) is 46.5 Å². The summed E-state index contributed by atoms with van der Waals surface area (Å²) in [6.07, 6.45) is 48.5. The summed E-state index contributed by atoms with van der Waals surface area (Å²) in [5.41, 5.74) is 1.79. The minimum absolute atomic E-state index is 0.0436. The third-order valence-electron chi connectivity index (χ3n) is 19.7. The van der Waals surface area contributed by atoms with Gasteiger partial charge < -0.3 is 43.8 Å². The number of esters is 4. The monoisotopic (exact) mass is 1440 g/mol. The SMILES string of the molecule is CCCCOc1nc(NC(=O)CCCCCN(CCCCCCCCC(=O)OCCCCCCCC(C)C)CCCN(CCCCCCCCC(=O)OCCCCCCCC(C)C)CCCCCCCCC(=O)OCCCCCCCC(C)C)c2[nH]c(=O)n(Cc3cccc(CC(=O)OC)c3)c2n1. The van der Waals surface area contributed by atoms with E-state index in [0.717, 1.165) is 216 Å². The van der Waals surface area contributed by atoms with E-state index in [1.54, 1.807) is 0 Å². The Hall–Kier alpha value is -5.36. The van der Waals surface area contributed by atoms with Crippen LogP contribution in [0, 0.1) is 17.8 Å². The number of fused-ring (bicyclic) bond motifs is 1. The van der Waals surface area contributed by atoms with Gasteiger partial charge >= 0.3 is 35.6 Å². The van der Waals surface area contributed by atoms with E-state index >= 15 is 0 Å². The van der Waals surface area contributed by atoms with E-state index < -0.39 is 5.69 Å². The Kier molecular flexibility index (Phi) is 55.1. The zero-order valence-corrected chi connectivity index (χ0v) is 66.8. The van der Waals surface area contributed by atoms with Crippen LogP contribution in [0.15, 0.2) is 29.1 Å². The second-order valence-corrected chi connectivity index (χ2v) is 30.9. The highest BCUT2D eigenvalue weighted by Crippen LogP contribution is 2.24. The van der Waals surface area contributed by atoms with E-state index in [0.29, 0.717) is 69.7 Å². The van der Waals surface area contributed by atoms with Crippen molar-refractivity contribution in [2.45, 2.75) is 357 Å². The van der Waals surface area contributed by atoms with Crippen LogP contribution in [0.2, 0.25) is 0 Å². The quantitative estimate of drug-likeness (QED) is 0.0305. The van der Waals surface area contributed by atoms with Crippen molar-refractivity contribution in [3.63, 3.8) is 0 Å². The first-order valence-electron chi connectivity index (χ1n) is 42.1. The molecule has 0 bridgehead atoms. The topological polar surface area (TPSA) is 214 Å². The number of nitrogens with one attached hydrogen (secondary N) is 2. The minimum atomic E-state index is -0.407. The summed E-state index contributed by atoms with van der Waals surface area (Å²) in [7, 11) is 1.36. The van der Waals surface area contributed by atoms with Crippen molar-refractivity contribution in [1.82, 2.24) is 29.3 Å². The maximum atomic E-state index is 13.8. The molecule has 103 heavy (non-hydrogen) atoms. The lowest BCUT2D eigenvalue weighted by Crippen LogP contribution is -2.32. The minimum Gasteiger partial charge on any atom is -0.469 e. The molecule has 0 aliphatic heterocycles. The zero-order chi connectivity index (χ0) is 74.6. The molecule has 0 radical (unpaired) electrons. The van der Waals surface area contributed by atoms with E-state index in [-0.39, 0.29) is 54.6 Å². The first kappa shape index (κ1) is 91.8. The molecular formula is C85H149N7O11. The summed E-state index contributed by atoms with van der Waals surface area (Å²) in [5, 5.41) is 2.99. The number of imidazole rings is 1. The van der Waals surface area contributed by atoms with Gasteiger partial charge in [-0.1, -0.05) is 259 Å². The number of ether oxygens (including phenoxy) is 5. The lowest BCUT2D eigenvalue weighted by Gasteiger charge is -2.26. The van der Waals surface area contributed by atoms with E-state index in [2.05, 4.69) is 78.5 Å². The normalized spacial score (nSPS) is 11.7. The van der Waals surface area contributed by atoms with Crippen LogP contribution >= 0.6 is 0 Å². The molecule has 2 aromatic heterocycles. The average Bonchev–Trinajstić information content (AvgIpc) is 1.64. The van der Waals surface area contributed by atoms with Crippen LogP contribution in [0.4, 0.5) is 5.82 Å². The fourth-order valence-electron chi connectivity index (χ4n) is 13.3. The molecule has 590 valence electrons. The maximum Gasteiger partial charge on any atom is 0.328 e. The number of amides is 1. The predicted octanol–water partition coefficient (Wildman–Crippen LogP) is 20.4. The summed E-state index contributed by atoms with van der Waals surface area (Å²) < 4.78 is 29.0. The second-order valence-electron chi connectivity index (χ2n) is 30.9. The molecular weight excluding hydrogens is 1290 g/mol. The number of rotatable bonds is 70. The van der Waals surface area contributed by atoms with Crippen LogP contribution in [-0.4, -0.2) is 132 Å². The molecule has 0 fully saturated rings. The fourth-order valence-corrected chi connectivity index (χ4v) is 13.3. The predicted molar refractivity (Wildman–Crippen MR) is 422 cm³/mol.